The van der Waals surface area contributed by atoms with Crippen LogP contribution in [-0.2, 0) is 0 Å². The molecule has 5 heteroatoms. The van der Waals surface area contributed by atoms with Gasteiger partial charge in [-0.1, -0.05) is 30.3 Å². The first-order valence-corrected chi connectivity index (χ1v) is 8.32. The number of furan rings is 1. The van der Waals surface area contributed by atoms with Gasteiger partial charge in [-0.05, 0) is 42.8 Å². The molecule has 0 fully saturated rings. The normalized spacial score (nSPS) is 11.6. The number of hydrogen-bond acceptors (Lipinski definition) is 3. The molecule has 3 rings (SSSR count). The van der Waals surface area contributed by atoms with Crippen molar-refractivity contribution < 1.29 is 14.0 Å². The minimum absolute atomic E-state index is 0.120. The zero-order valence-electron chi connectivity index (χ0n) is 14.7. The van der Waals surface area contributed by atoms with E-state index in [1.54, 1.807) is 30.1 Å². The average molecular weight is 348 g/mol. The molecule has 0 aliphatic carbocycles. The Hall–Kier alpha value is -3.34. The topological polar surface area (TPSA) is 62.6 Å². The van der Waals surface area contributed by atoms with Crippen LogP contribution in [0.15, 0.2) is 77.6 Å². The molecule has 26 heavy (non-hydrogen) atoms. The van der Waals surface area contributed by atoms with Crippen LogP contribution in [0.25, 0.3) is 0 Å². The maximum absolute atomic E-state index is 12.5. The summed E-state index contributed by atoms with van der Waals surface area (Å²) in [5.74, 6) is -0.289. The second kappa shape index (κ2) is 7.70. The summed E-state index contributed by atoms with van der Waals surface area (Å²) in [6.07, 6.45) is 2.91. The summed E-state index contributed by atoms with van der Waals surface area (Å²) >= 11 is 0. The third-order valence-electron chi connectivity index (χ3n) is 4.33. The van der Waals surface area contributed by atoms with Crippen molar-refractivity contribution in [2.24, 2.45) is 0 Å². The van der Waals surface area contributed by atoms with Crippen LogP contribution >= 0.6 is 0 Å². The quantitative estimate of drug-likeness (QED) is 0.745. The third kappa shape index (κ3) is 3.83. The molecule has 3 aromatic rings. The monoisotopic (exact) mass is 348 g/mol. The van der Waals surface area contributed by atoms with E-state index in [9.17, 15) is 9.59 Å². The number of nitrogens with one attached hydrogen (secondary N) is 1. The Labute approximate surface area is 152 Å². The predicted molar refractivity (Wildman–Crippen MR) is 100 cm³/mol. The van der Waals surface area contributed by atoms with Gasteiger partial charge in [0.2, 0.25) is 0 Å². The van der Waals surface area contributed by atoms with E-state index in [1.165, 1.54) is 12.5 Å². The second-order valence-corrected chi connectivity index (χ2v) is 6.05. The number of rotatable bonds is 5. The molecule has 0 saturated heterocycles. The zero-order chi connectivity index (χ0) is 18.5. The van der Waals surface area contributed by atoms with Crippen LogP contribution in [0.4, 0.5) is 5.69 Å². The van der Waals surface area contributed by atoms with E-state index in [2.05, 4.69) is 5.32 Å². The van der Waals surface area contributed by atoms with Gasteiger partial charge in [0.1, 0.15) is 6.26 Å². The van der Waals surface area contributed by atoms with Crippen LogP contribution in [0.2, 0.25) is 0 Å². The minimum Gasteiger partial charge on any atom is -0.472 e. The number of benzene rings is 2. The fourth-order valence-corrected chi connectivity index (χ4v) is 2.66. The Morgan fingerprint density at radius 3 is 2.46 bits per heavy atom. The number of anilines is 1. The lowest BCUT2D eigenvalue weighted by Crippen LogP contribution is -2.29. The minimum atomic E-state index is -0.168. The molecule has 5 nitrogen and oxygen atoms in total. The van der Waals surface area contributed by atoms with E-state index < -0.39 is 0 Å². The zero-order valence-corrected chi connectivity index (χ0v) is 14.7. The van der Waals surface area contributed by atoms with Gasteiger partial charge < -0.3 is 14.6 Å². The molecule has 0 radical (unpaired) electrons. The summed E-state index contributed by atoms with van der Waals surface area (Å²) in [6, 6.07) is 18.0. The Morgan fingerprint density at radius 2 is 1.77 bits per heavy atom. The lowest BCUT2D eigenvalue weighted by Gasteiger charge is -2.25. The second-order valence-electron chi connectivity index (χ2n) is 6.05. The number of nitrogens with zero attached hydrogens (tertiary/aromatic N) is 1. The van der Waals surface area contributed by atoms with Crippen LogP contribution in [0.5, 0.6) is 0 Å². The van der Waals surface area contributed by atoms with Gasteiger partial charge in [-0.3, -0.25) is 9.59 Å². The predicted octanol–water partition coefficient (Wildman–Crippen LogP) is 4.37. The fraction of sp³-hybridized carbons (Fsp3) is 0.143. The first kappa shape index (κ1) is 17.5. The van der Waals surface area contributed by atoms with Crippen molar-refractivity contribution in [3.63, 3.8) is 0 Å². The summed E-state index contributed by atoms with van der Waals surface area (Å²) in [5.41, 5.74) is 2.72. The highest BCUT2D eigenvalue weighted by atomic mass is 16.3. The van der Waals surface area contributed by atoms with E-state index in [-0.39, 0.29) is 17.9 Å². The maximum Gasteiger partial charge on any atom is 0.257 e. The molecule has 1 unspecified atom stereocenters. The summed E-state index contributed by atoms with van der Waals surface area (Å²) < 4.78 is 4.98. The van der Waals surface area contributed by atoms with Crippen LogP contribution in [0.1, 0.15) is 39.2 Å². The van der Waals surface area contributed by atoms with E-state index in [0.717, 1.165) is 5.56 Å². The Balaban J connectivity index is 1.74. The molecule has 0 aliphatic rings. The number of hydrogen-bond donors (Lipinski definition) is 1. The summed E-state index contributed by atoms with van der Waals surface area (Å²) in [4.78, 5) is 26.4. The number of amides is 2. The standard InChI is InChI=1S/C21H20N2O3/c1-15(23(2)21(25)18-11-12-26-14-18)17-9-6-10-19(13-17)22-20(24)16-7-4-3-5-8-16/h3-15H,1-2H3,(H,22,24). The molecular weight excluding hydrogens is 328 g/mol. The molecule has 1 N–H and O–H groups in total. The average Bonchev–Trinajstić information content (AvgIpc) is 3.22. The summed E-state index contributed by atoms with van der Waals surface area (Å²) in [7, 11) is 1.75. The molecule has 0 aliphatic heterocycles. The van der Waals surface area contributed by atoms with Crippen molar-refractivity contribution in [1.82, 2.24) is 4.90 Å². The lowest BCUT2D eigenvalue weighted by atomic mass is 10.1. The van der Waals surface area contributed by atoms with Gasteiger partial charge in [0.15, 0.2) is 0 Å². The molecule has 2 amide bonds. The van der Waals surface area contributed by atoms with Gasteiger partial charge in [0.25, 0.3) is 11.8 Å². The Kier molecular flexibility index (Phi) is 5.17. The van der Waals surface area contributed by atoms with E-state index in [1.807, 2.05) is 49.4 Å². The molecular formula is C21H20N2O3. The van der Waals surface area contributed by atoms with Crippen molar-refractivity contribution >= 4 is 17.5 Å². The molecule has 2 aromatic carbocycles. The SMILES string of the molecule is CC(c1cccc(NC(=O)c2ccccc2)c1)N(C)C(=O)c1ccoc1. The van der Waals surface area contributed by atoms with Gasteiger partial charge in [-0.25, -0.2) is 0 Å². The van der Waals surface area contributed by atoms with Crippen LogP contribution in [0, 0.1) is 0 Å². The lowest BCUT2D eigenvalue weighted by molar-refractivity contribution is 0.0741. The highest BCUT2D eigenvalue weighted by molar-refractivity contribution is 6.04. The van der Waals surface area contributed by atoms with Gasteiger partial charge in [-0.15, -0.1) is 0 Å². The van der Waals surface area contributed by atoms with Crippen LogP contribution in [0.3, 0.4) is 0 Å². The van der Waals surface area contributed by atoms with E-state index in [0.29, 0.717) is 16.8 Å². The first-order valence-electron chi connectivity index (χ1n) is 8.32. The van der Waals surface area contributed by atoms with Gasteiger partial charge >= 0.3 is 0 Å². The van der Waals surface area contributed by atoms with Gasteiger partial charge in [0.05, 0.1) is 17.9 Å². The van der Waals surface area contributed by atoms with Crippen molar-refractivity contribution in [3.8, 4) is 0 Å². The van der Waals surface area contributed by atoms with E-state index >= 15 is 0 Å². The molecule has 0 spiro atoms. The van der Waals surface area contributed by atoms with Crippen molar-refractivity contribution in [2.75, 3.05) is 12.4 Å². The van der Waals surface area contributed by atoms with Crippen molar-refractivity contribution in [1.29, 1.82) is 0 Å². The van der Waals surface area contributed by atoms with E-state index in [4.69, 9.17) is 4.42 Å². The highest BCUT2D eigenvalue weighted by Crippen LogP contribution is 2.24. The third-order valence-corrected chi connectivity index (χ3v) is 4.33. The smallest absolute Gasteiger partial charge is 0.257 e. The Morgan fingerprint density at radius 1 is 1.00 bits per heavy atom. The number of carbonyl (C=O) groups is 2. The molecule has 132 valence electrons. The number of carbonyl (C=O) groups excluding carboxylic acids is 2. The molecule has 1 heterocycles. The summed E-state index contributed by atoms with van der Waals surface area (Å²) in [5, 5.41) is 2.89. The molecule has 0 bridgehead atoms. The molecule has 1 aromatic heterocycles. The van der Waals surface area contributed by atoms with Gasteiger partial charge in [0, 0.05) is 18.3 Å². The largest absolute Gasteiger partial charge is 0.472 e. The maximum atomic E-state index is 12.5. The van der Waals surface area contributed by atoms with Crippen molar-refractivity contribution in [2.45, 2.75) is 13.0 Å². The first-order chi connectivity index (χ1) is 12.6. The van der Waals surface area contributed by atoms with Crippen molar-refractivity contribution in [3.05, 3.63) is 89.9 Å². The Bertz CT molecular complexity index is 889. The highest BCUT2D eigenvalue weighted by Gasteiger charge is 2.20. The van der Waals surface area contributed by atoms with Gasteiger partial charge in [-0.2, -0.15) is 0 Å². The van der Waals surface area contributed by atoms with Crippen LogP contribution < -0.4 is 5.32 Å². The van der Waals surface area contributed by atoms with Crippen LogP contribution in [-0.4, -0.2) is 23.8 Å². The summed E-state index contributed by atoms with van der Waals surface area (Å²) in [6.45, 7) is 1.94. The molecule has 1 atom stereocenters. The fourth-order valence-electron chi connectivity index (χ4n) is 2.66. The molecule has 0 saturated carbocycles.